The normalized spacial score (nSPS) is 17.6. The van der Waals surface area contributed by atoms with Crippen molar-refractivity contribution in [2.75, 3.05) is 33.3 Å². The lowest BCUT2D eigenvalue weighted by Gasteiger charge is -2.31. The molecule has 1 aromatic heterocycles. The van der Waals surface area contributed by atoms with Crippen LogP contribution in [0.5, 0.6) is 5.75 Å². The maximum Gasteiger partial charge on any atom is 0.276 e. The Kier molecular flexibility index (Phi) is 6.59. The number of oxazole rings is 1. The summed E-state index contributed by atoms with van der Waals surface area (Å²) in [4.78, 5) is 34.0. The van der Waals surface area contributed by atoms with Crippen LogP contribution in [0.4, 0.5) is 0 Å². The highest BCUT2D eigenvalue weighted by Crippen LogP contribution is 2.30. The third-order valence-electron chi connectivity index (χ3n) is 6.39. The van der Waals surface area contributed by atoms with Gasteiger partial charge in [-0.3, -0.25) is 9.59 Å². The van der Waals surface area contributed by atoms with Gasteiger partial charge in [0.05, 0.1) is 13.5 Å². The lowest BCUT2D eigenvalue weighted by atomic mass is 9.96. The second kappa shape index (κ2) is 9.54. The van der Waals surface area contributed by atoms with E-state index in [0.29, 0.717) is 36.9 Å². The number of benzene rings is 1. The van der Waals surface area contributed by atoms with Crippen molar-refractivity contribution in [1.29, 1.82) is 0 Å². The topological polar surface area (TPSA) is 75.9 Å². The summed E-state index contributed by atoms with van der Waals surface area (Å²) >= 11 is 0. The average molecular weight is 426 g/mol. The Morgan fingerprint density at radius 3 is 2.48 bits per heavy atom. The minimum Gasteiger partial charge on any atom is -0.496 e. The van der Waals surface area contributed by atoms with Gasteiger partial charge in [-0.1, -0.05) is 18.2 Å². The Bertz CT molecular complexity index is 925. The number of hydrogen-bond acceptors (Lipinski definition) is 5. The van der Waals surface area contributed by atoms with E-state index in [1.165, 1.54) is 6.42 Å². The van der Waals surface area contributed by atoms with Crippen LogP contribution in [0.2, 0.25) is 0 Å². The molecular weight excluding hydrogens is 394 g/mol. The molecule has 0 aliphatic carbocycles. The molecule has 2 amide bonds. The van der Waals surface area contributed by atoms with E-state index in [2.05, 4.69) is 4.98 Å². The molecule has 4 rings (SSSR count). The van der Waals surface area contributed by atoms with E-state index in [0.717, 1.165) is 50.1 Å². The molecule has 2 saturated heterocycles. The zero-order valence-corrected chi connectivity index (χ0v) is 18.4. The number of carbonyl (C=O) groups excluding carboxylic acids is 2. The van der Waals surface area contributed by atoms with E-state index < -0.39 is 0 Å². The van der Waals surface area contributed by atoms with Gasteiger partial charge >= 0.3 is 0 Å². The molecule has 7 nitrogen and oxygen atoms in total. The first-order valence-corrected chi connectivity index (χ1v) is 11.2. The lowest BCUT2D eigenvalue weighted by molar-refractivity contribution is -0.131. The molecule has 3 heterocycles. The summed E-state index contributed by atoms with van der Waals surface area (Å²) in [5, 5.41) is 0. The molecule has 0 atom stereocenters. The molecule has 1 aromatic carbocycles. The van der Waals surface area contributed by atoms with Gasteiger partial charge in [0.1, 0.15) is 11.5 Å². The fourth-order valence-electron chi connectivity index (χ4n) is 4.54. The Labute approximate surface area is 183 Å². The van der Waals surface area contributed by atoms with Gasteiger partial charge in [0.25, 0.3) is 5.91 Å². The number of rotatable bonds is 5. The summed E-state index contributed by atoms with van der Waals surface area (Å²) in [5.41, 5.74) is 1.35. The first-order valence-electron chi connectivity index (χ1n) is 11.2. The van der Waals surface area contributed by atoms with E-state index in [4.69, 9.17) is 9.15 Å². The highest BCUT2D eigenvalue weighted by molar-refractivity contribution is 5.93. The number of amides is 2. The summed E-state index contributed by atoms with van der Waals surface area (Å²) in [6.45, 7) is 4.74. The van der Waals surface area contributed by atoms with Crippen LogP contribution in [0.15, 0.2) is 28.7 Å². The number of nitrogens with zero attached hydrogens (tertiary/aromatic N) is 3. The predicted molar refractivity (Wildman–Crippen MR) is 116 cm³/mol. The van der Waals surface area contributed by atoms with Gasteiger partial charge in [0.15, 0.2) is 11.6 Å². The number of hydrogen-bond donors (Lipinski definition) is 0. The van der Waals surface area contributed by atoms with E-state index in [1.807, 2.05) is 41.0 Å². The SMILES string of the molecule is COc1ccccc1CC(=O)N1CCC(c2nc(C(=O)N3CCCCC3)c(C)o2)CC1. The minimum atomic E-state index is -0.0170. The largest absolute Gasteiger partial charge is 0.496 e. The number of ether oxygens (including phenoxy) is 1. The van der Waals surface area contributed by atoms with Gasteiger partial charge in [-0.25, -0.2) is 4.98 Å². The van der Waals surface area contributed by atoms with Crippen molar-refractivity contribution in [2.24, 2.45) is 0 Å². The second-order valence-corrected chi connectivity index (χ2v) is 8.45. The predicted octanol–water partition coefficient (Wildman–Crippen LogP) is 3.57. The third-order valence-corrected chi connectivity index (χ3v) is 6.39. The first-order chi connectivity index (χ1) is 15.1. The molecule has 0 radical (unpaired) electrons. The average Bonchev–Trinajstić information content (AvgIpc) is 3.21. The van der Waals surface area contributed by atoms with Crippen LogP contribution < -0.4 is 4.74 Å². The smallest absolute Gasteiger partial charge is 0.276 e. The van der Waals surface area contributed by atoms with E-state index >= 15 is 0 Å². The third kappa shape index (κ3) is 4.75. The zero-order valence-electron chi connectivity index (χ0n) is 18.4. The number of aromatic nitrogens is 1. The van der Waals surface area contributed by atoms with Gasteiger partial charge in [0, 0.05) is 37.7 Å². The van der Waals surface area contributed by atoms with Crippen molar-refractivity contribution >= 4 is 11.8 Å². The monoisotopic (exact) mass is 425 g/mol. The Hall–Kier alpha value is -2.83. The highest BCUT2D eigenvalue weighted by Gasteiger charge is 2.30. The van der Waals surface area contributed by atoms with Crippen molar-refractivity contribution < 1.29 is 18.7 Å². The maximum absolute atomic E-state index is 12.8. The Morgan fingerprint density at radius 2 is 1.77 bits per heavy atom. The molecular formula is C24H31N3O4. The van der Waals surface area contributed by atoms with Crippen molar-refractivity contribution in [3.8, 4) is 5.75 Å². The van der Waals surface area contributed by atoms with E-state index in [-0.39, 0.29) is 17.7 Å². The van der Waals surface area contributed by atoms with Crippen LogP contribution in [0.1, 0.15) is 65.7 Å². The van der Waals surface area contributed by atoms with Crippen LogP contribution in [0.25, 0.3) is 0 Å². The standard InChI is InChI=1S/C24H31N3O4/c1-17-22(24(29)27-12-6-3-7-13-27)25-23(31-17)18-10-14-26(15-11-18)21(28)16-19-8-4-5-9-20(19)30-2/h4-5,8-9,18H,3,6-7,10-16H2,1-2H3. The van der Waals surface area contributed by atoms with Crippen LogP contribution in [0, 0.1) is 6.92 Å². The molecule has 0 unspecified atom stereocenters. The van der Waals surface area contributed by atoms with Crippen LogP contribution in [-0.2, 0) is 11.2 Å². The van der Waals surface area contributed by atoms with E-state index in [9.17, 15) is 9.59 Å². The summed E-state index contributed by atoms with van der Waals surface area (Å²) in [6.07, 6.45) is 5.19. The molecule has 2 aromatic rings. The molecule has 31 heavy (non-hydrogen) atoms. The van der Waals surface area contributed by atoms with Crippen LogP contribution in [-0.4, -0.2) is 59.9 Å². The molecule has 0 bridgehead atoms. The molecule has 0 N–H and O–H groups in total. The van der Waals surface area contributed by atoms with Gasteiger partial charge in [-0.2, -0.15) is 0 Å². The van der Waals surface area contributed by atoms with Crippen LogP contribution >= 0.6 is 0 Å². The van der Waals surface area contributed by atoms with Gasteiger partial charge in [-0.05, 0) is 45.1 Å². The molecule has 166 valence electrons. The molecule has 0 spiro atoms. The van der Waals surface area contributed by atoms with Gasteiger partial charge in [-0.15, -0.1) is 0 Å². The summed E-state index contributed by atoms with van der Waals surface area (Å²) < 4.78 is 11.3. The lowest BCUT2D eigenvalue weighted by Crippen LogP contribution is -2.39. The number of para-hydroxylation sites is 1. The second-order valence-electron chi connectivity index (χ2n) is 8.45. The van der Waals surface area contributed by atoms with Crippen molar-refractivity contribution in [3.63, 3.8) is 0 Å². The fraction of sp³-hybridized carbons (Fsp3) is 0.542. The molecule has 2 aliphatic heterocycles. The molecule has 2 fully saturated rings. The summed E-state index contributed by atoms with van der Waals surface area (Å²) in [7, 11) is 1.62. The van der Waals surface area contributed by atoms with Gasteiger partial charge < -0.3 is 19.0 Å². The number of piperidine rings is 2. The molecule has 7 heteroatoms. The number of likely N-dealkylation sites (tertiary alicyclic amines) is 2. The molecule has 2 aliphatic rings. The van der Waals surface area contributed by atoms with Crippen molar-refractivity contribution in [2.45, 2.75) is 51.4 Å². The first kappa shape index (κ1) is 21.4. The summed E-state index contributed by atoms with van der Waals surface area (Å²) in [5.74, 6) is 2.20. The van der Waals surface area contributed by atoms with Crippen LogP contribution in [0.3, 0.4) is 0 Å². The molecule has 0 saturated carbocycles. The maximum atomic E-state index is 12.8. The minimum absolute atomic E-state index is 0.0170. The summed E-state index contributed by atoms with van der Waals surface area (Å²) in [6, 6.07) is 7.63. The van der Waals surface area contributed by atoms with Crippen molar-refractivity contribution in [1.82, 2.24) is 14.8 Å². The van der Waals surface area contributed by atoms with Gasteiger partial charge in [0.2, 0.25) is 5.91 Å². The number of aryl methyl sites for hydroxylation is 1. The highest BCUT2D eigenvalue weighted by atomic mass is 16.5. The fourth-order valence-corrected chi connectivity index (χ4v) is 4.54. The quantitative estimate of drug-likeness (QED) is 0.732. The van der Waals surface area contributed by atoms with E-state index in [1.54, 1.807) is 7.11 Å². The Balaban J connectivity index is 1.35. The zero-order chi connectivity index (χ0) is 21.8. The Morgan fingerprint density at radius 1 is 1.06 bits per heavy atom. The number of methoxy groups -OCH3 is 1. The van der Waals surface area contributed by atoms with Crippen molar-refractivity contribution in [3.05, 3.63) is 47.2 Å². The number of carbonyl (C=O) groups is 2.